The first kappa shape index (κ1) is 11.8. The van der Waals surface area contributed by atoms with Gasteiger partial charge in [0.2, 0.25) is 0 Å². The zero-order valence-electron chi connectivity index (χ0n) is 9.15. The maximum Gasteiger partial charge on any atom is 0.149 e. The van der Waals surface area contributed by atoms with Crippen LogP contribution in [0.5, 0.6) is 0 Å². The summed E-state index contributed by atoms with van der Waals surface area (Å²) in [6.07, 6.45) is 5.02. The maximum atomic E-state index is 5.81. The van der Waals surface area contributed by atoms with Crippen LogP contribution in [0.15, 0.2) is 23.1 Å². The van der Waals surface area contributed by atoms with Crippen LogP contribution in [0.4, 0.5) is 11.5 Å². The second kappa shape index (κ2) is 5.62. The molecule has 2 aromatic rings. The van der Waals surface area contributed by atoms with E-state index in [-0.39, 0.29) is 0 Å². The number of rotatable bonds is 5. The normalized spacial score (nSPS) is 10.4. The Hall–Kier alpha value is -1.63. The van der Waals surface area contributed by atoms with Gasteiger partial charge in [-0.25, -0.2) is 9.97 Å². The number of nitrogens with one attached hydrogen (secondary N) is 2. The monoisotopic (exact) mass is 296 g/mol. The van der Waals surface area contributed by atoms with Gasteiger partial charge in [0.15, 0.2) is 0 Å². The number of aryl methyl sites for hydroxylation is 1. The highest BCUT2D eigenvalue weighted by molar-refractivity contribution is 9.10. The summed E-state index contributed by atoms with van der Waals surface area (Å²) in [5, 5.41) is 9.79. The third-order valence-corrected chi connectivity index (χ3v) is 2.67. The van der Waals surface area contributed by atoms with Crippen molar-refractivity contribution in [2.24, 2.45) is 0 Å². The molecule has 0 saturated carbocycles. The summed E-state index contributed by atoms with van der Waals surface area (Å²) in [4.78, 5) is 8.24. The summed E-state index contributed by atoms with van der Waals surface area (Å²) < 4.78 is 0.877. The molecule has 0 atom stereocenters. The van der Waals surface area contributed by atoms with Crippen molar-refractivity contribution in [2.45, 2.75) is 12.8 Å². The van der Waals surface area contributed by atoms with Gasteiger partial charge in [0.25, 0.3) is 0 Å². The first-order chi connectivity index (χ1) is 8.25. The van der Waals surface area contributed by atoms with E-state index in [1.807, 2.05) is 6.07 Å². The van der Waals surface area contributed by atoms with Gasteiger partial charge in [0, 0.05) is 23.6 Å². The van der Waals surface area contributed by atoms with Crippen molar-refractivity contribution < 1.29 is 0 Å². The Labute approximate surface area is 107 Å². The standard InChI is InChI=1S/C10H13BrN6/c11-7-4-8(12)10(14-5-7)13-3-1-2-9-15-6-16-17-9/h4-6H,1-3,12H2,(H,13,14)(H,15,16,17). The predicted molar refractivity (Wildman–Crippen MR) is 69.5 cm³/mol. The minimum atomic E-state index is 0.638. The number of hydrogen-bond donors (Lipinski definition) is 3. The second-order valence-corrected chi connectivity index (χ2v) is 4.47. The summed E-state index contributed by atoms with van der Waals surface area (Å²) in [7, 11) is 0. The molecular weight excluding hydrogens is 284 g/mol. The third-order valence-electron chi connectivity index (χ3n) is 2.23. The molecule has 0 aliphatic heterocycles. The van der Waals surface area contributed by atoms with Crippen LogP contribution < -0.4 is 11.1 Å². The molecule has 0 aromatic carbocycles. The Morgan fingerprint density at radius 2 is 2.29 bits per heavy atom. The molecule has 17 heavy (non-hydrogen) atoms. The molecule has 90 valence electrons. The van der Waals surface area contributed by atoms with Crippen molar-refractivity contribution in [3.63, 3.8) is 0 Å². The van der Waals surface area contributed by atoms with Gasteiger partial charge in [-0.1, -0.05) is 0 Å². The zero-order chi connectivity index (χ0) is 12.1. The van der Waals surface area contributed by atoms with E-state index in [0.29, 0.717) is 11.5 Å². The van der Waals surface area contributed by atoms with Crippen LogP contribution in [0.25, 0.3) is 0 Å². The number of nitrogens with two attached hydrogens (primary N) is 1. The lowest BCUT2D eigenvalue weighted by atomic mass is 10.3. The fourth-order valence-corrected chi connectivity index (χ4v) is 1.77. The number of H-pyrrole nitrogens is 1. The van der Waals surface area contributed by atoms with Crippen LogP contribution in [-0.2, 0) is 6.42 Å². The average Bonchev–Trinajstić information content (AvgIpc) is 2.79. The van der Waals surface area contributed by atoms with E-state index < -0.39 is 0 Å². The lowest BCUT2D eigenvalue weighted by Gasteiger charge is -2.07. The Bertz CT molecular complexity index is 470. The number of pyridine rings is 1. The minimum absolute atomic E-state index is 0.638. The second-order valence-electron chi connectivity index (χ2n) is 3.55. The van der Waals surface area contributed by atoms with Gasteiger partial charge in [-0.3, -0.25) is 5.10 Å². The average molecular weight is 297 g/mol. The van der Waals surface area contributed by atoms with Crippen LogP contribution >= 0.6 is 15.9 Å². The first-order valence-electron chi connectivity index (χ1n) is 5.25. The van der Waals surface area contributed by atoms with E-state index in [2.05, 4.69) is 41.4 Å². The number of hydrogen-bond acceptors (Lipinski definition) is 5. The van der Waals surface area contributed by atoms with Crippen LogP contribution in [0.3, 0.4) is 0 Å². The van der Waals surface area contributed by atoms with Crippen molar-refractivity contribution in [3.8, 4) is 0 Å². The predicted octanol–water partition coefficient (Wildman–Crippen LogP) is 1.59. The third kappa shape index (κ3) is 3.42. The molecule has 6 nitrogen and oxygen atoms in total. The largest absolute Gasteiger partial charge is 0.396 e. The van der Waals surface area contributed by atoms with Gasteiger partial charge in [-0.2, -0.15) is 5.10 Å². The van der Waals surface area contributed by atoms with Gasteiger partial charge in [0.1, 0.15) is 18.0 Å². The van der Waals surface area contributed by atoms with Crippen LogP contribution in [0, 0.1) is 0 Å². The summed E-state index contributed by atoms with van der Waals surface area (Å²) in [5.74, 6) is 1.61. The van der Waals surface area contributed by atoms with E-state index in [1.54, 1.807) is 6.20 Å². The van der Waals surface area contributed by atoms with Gasteiger partial charge < -0.3 is 11.1 Å². The molecule has 0 aliphatic carbocycles. The summed E-state index contributed by atoms with van der Waals surface area (Å²) >= 11 is 3.31. The molecule has 0 radical (unpaired) electrons. The smallest absolute Gasteiger partial charge is 0.149 e. The quantitative estimate of drug-likeness (QED) is 0.729. The van der Waals surface area contributed by atoms with Gasteiger partial charge >= 0.3 is 0 Å². The molecule has 2 aromatic heterocycles. The van der Waals surface area contributed by atoms with E-state index in [4.69, 9.17) is 5.73 Å². The highest BCUT2D eigenvalue weighted by Crippen LogP contribution is 2.19. The molecule has 2 rings (SSSR count). The van der Waals surface area contributed by atoms with E-state index in [1.165, 1.54) is 6.33 Å². The molecule has 0 unspecified atom stereocenters. The van der Waals surface area contributed by atoms with Crippen molar-refractivity contribution in [3.05, 3.63) is 28.9 Å². The van der Waals surface area contributed by atoms with Crippen molar-refractivity contribution in [2.75, 3.05) is 17.6 Å². The SMILES string of the molecule is Nc1cc(Br)cnc1NCCCc1ncn[nH]1. The molecule has 2 heterocycles. The number of nitrogens with zero attached hydrogens (tertiary/aromatic N) is 3. The molecular formula is C10H13BrN6. The highest BCUT2D eigenvalue weighted by Gasteiger charge is 2.01. The molecule has 7 heteroatoms. The van der Waals surface area contributed by atoms with Crippen LogP contribution in [-0.4, -0.2) is 26.7 Å². The Morgan fingerprint density at radius 1 is 1.41 bits per heavy atom. The Kier molecular flexibility index (Phi) is 3.92. The molecule has 0 fully saturated rings. The number of halogens is 1. The number of nitrogen functional groups attached to an aromatic ring is 1. The fourth-order valence-electron chi connectivity index (χ4n) is 1.42. The lowest BCUT2D eigenvalue weighted by Crippen LogP contribution is -2.07. The zero-order valence-corrected chi connectivity index (χ0v) is 10.7. The number of aromatic amines is 1. The van der Waals surface area contributed by atoms with E-state index >= 15 is 0 Å². The van der Waals surface area contributed by atoms with Crippen molar-refractivity contribution in [1.82, 2.24) is 20.2 Å². The molecule has 0 saturated heterocycles. The topological polar surface area (TPSA) is 92.5 Å². The van der Waals surface area contributed by atoms with E-state index in [0.717, 1.165) is 29.7 Å². The van der Waals surface area contributed by atoms with Gasteiger partial charge in [-0.15, -0.1) is 0 Å². The summed E-state index contributed by atoms with van der Waals surface area (Å²) in [5.41, 5.74) is 6.45. The number of anilines is 2. The fraction of sp³-hybridized carbons (Fsp3) is 0.300. The Balaban J connectivity index is 1.78. The van der Waals surface area contributed by atoms with Crippen molar-refractivity contribution in [1.29, 1.82) is 0 Å². The summed E-state index contributed by atoms with van der Waals surface area (Å²) in [6.45, 7) is 0.791. The summed E-state index contributed by atoms with van der Waals surface area (Å²) in [6, 6.07) is 1.83. The molecule has 0 amide bonds. The van der Waals surface area contributed by atoms with Crippen LogP contribution in [0.1, 0.15) is 12.2 Å². The highest BCUT2D eigenvalue weighted by atomic mass is 79.9. The van der Waals surface area contributed by atoms with Gasteiger partial charge in [0.05, 0.1) is 5.69 Å². The van der Waals surface area contributed by atoms with Crippen molar-refractivity contribution >= 4 is 27.4 Å². The van der Waals surface area contributed by atoms with Gasteiger partial charge in [-0.05, 0) is 28.4 Å². The van der Waals surface area contributed by atoms with E-state index in [9.17, 15) is 0 Å². The van der Waals surface area contributed by atoms with Crippen LogP contribution in [0.2, 0.25) is 0 Å². The maximum absolute atomic E-state index is 5.81. The Morgan fingerprint density at radius 3 is 3.00 bits per heavy atom. The molecule has 0 bridgehead atoms. The lowest BCUT2D eigenvalue weighted by molar-refractivity contribution is 0.804. The number of aromatic nitrogens is 4. The molecule has 0 aliphatic rings. The minimum Gasteiger partial charge on any atom is -0.396 e. The molecule has 4 N–H and O–H groups in total. The first-order valence-corrected chi connectivity index (χ1v) is 6.04. The molecule has 0 spiro atoms.